The van der Waals surface area contributed by atoms with Gasteiger partial charge in [-0.15, -0.1) is 0 Å². The lowest BCUT2D eigenvalue weighted by molar-refractivity contribution is -0.137. The molecule has 0 radical (unpaired) electrons. The van der Waals surface area contributed by atoms with Crippen molar-refractivity contribution < 1.29 is 27.5 Å². The SMILES string of the molecule is CC(C)Nc1ncnc(N2CC[C@H](C(N)=O)[C@@H](N3CCC[C@@H](Nc4cc(Cl)cc(C(F)(F)F)c4)C3O)C2)c1F. The number of aliphatic hydroxyl groups excluding tert-OH is 1. The fourth-order valence-electron chi connectivity index (χ4n) is 5.31. The number of rotatable bonds is 7. The molecule has 0 aliphatic carbocycles. The van der Waals surface area contributed by atoms with Crippen LogP contribution in [0.25, 0.3) is 0 Å². The molecule has 2 aliphatic heterocycles. The summed E-state index contributed by atoms with van der Waals surface area (Å²) in [7, 11) is 0. The molecule has 1 amide bonds. The van der Waals surface area contributed by atoms with Gasteiger partial charge >= 0.3 is 6.18 Å². The minimum absolute atomic E-state index is 0.0600. The van der Waals surface area contributed by atoms with Crippen molar-refractivity contribution >= 4 is 34.8 Å². The molecule has 39 heavy (non-hydrogen) atoms. The number of aromatic nitrogens is 2. The molecule has 4 rings (SSSR count). The van der Waals surface area contributed by atoms with Gasteiger partial charge in [-0.3, -0.25) is 9.69 Å². The highest BCUT2D eigenvalue weighted by Crippen LogP contribution is 2.35. The zero-order valence-corrected chi connectivity index (χ0v) is 22.3. The van der Waals surface area contributed by atoms with Crippen LogP contribution in [-0.2, 0) is 11.0 Å². The zero-order valence-electron chi connectivity index (χ0n) is 21.6. The van der Waals surface area contributed by atoms with Crippen molar-refractivity contribution in [1.82, 2.24) is 14.9 Å². The first kappa shape index (κ1) is 29.1. The maximum atomic E-state index is 15.3. The van der Waals surface area contributed by atoms with Crippen molar-refractivity contribution in [3.8, 4) is 0 Å². The van der Waals surface area contributed by atoms with Gasteiger partial charge in [0.05, 0.1) is 17.5 Å². The molecule has 1 unspecified atom stereocenters. The highest BCUT2D eigenvalue weighted by Gasteiger charge is 2.43. The Kier molecular flexibility index (Phi) is 8.72. The van der Waals surface area contributed by atoms with E-state index in [2.05, 4.69) is 20.6 Å². The quantitative estimate of drug-likeness (QED) is 0.370. The molecular formula is C25H32ClF4N7O2. The summed E-state index contributed by atoms with van der Waals surface area (Å²) in [6.45, 7) is 4.59. The number of hydrogen-bond acceptors (Lipinski definition) is 8. The van der Waals surface area contributed by atoms with E-state index in [1.54, 1.807) is 9.80 Å². The maximum absolute atomic E-state index is 15.3. The van der Waals surface area contributed by atoms with E-state index in [9.17, 15) is 23.1 Å². The number of nitrogens with one attached hydrogen (secondary N) is 2. The molecule has 2 saturated heterocycles. The molecular weight excluding hydrogens is 542 g/mol. The van der Waals surface area contributed by atoms with Gasteiger partial charge in [0.25, 0.3) is 0 Å². The summed E-state index contributed by atoms with van der Waals surface area (Å²) in [6.07, 6.45) is -3.12. The summed E-state index contributed by atoms with van der Waals surface area (Å²) >= 11 is 5.93. The van der Waals surface area contributed by atoms with Crippen molar-refractivity contribution in [2.45, 2.75) is 63.6 Å². The van der Waals surface area contributed by atoms with Crippen LogP contribution in [0.3, 0.4) is 0 Å². The molecule has 2 fully saturated rings. The fraction of sp³-hybridized carbons (Fsp3) is 0.560. The first-order valence-electron chi connectivity index (χ1n) is 12.7. The Morgan fingerprint density at radius 3 is 2.62 bits per heavy atom. The van der Waals surface area contributed by atoms with E-state index in [-0.39, 0.29) is 34.9 Å². The van der Waals surface area contributed by atoms with Crippen LogP contribution < -0.4 is 21.3 Å². The molecule has 5 N–H and O–H groups in total. The van der Waals surface area contributed by atoms with E-state index in [0.29, 0.717) is 32.4 Å². The third-order valence-corrected chi connectivity index (χ3v) is 7.30. The summed E-state index contributed by atoms with van der Waals surface area (Å²) in [6, 6.07) is 1.83. The molecule has 9 nitrogen and oxygen atoms in total. The van der Waals surface area contributed by atoms with Gasteiger partial charge in [0.1, 0.15) is 12.6 Å². The number of hydrogen-bond donors (Lipinski definition) is 4. The van der Waals surface area contributed by atoms with Crippen LogP contribution in [0.1, 0.15) is 38.7 Å². The van der Waals surface area contributed by atoms with Crippen LogP contribution in [0, 0.1) is 11.7 Å². The number of halogens is 5. The highest BCUT2D eigenvalue weighted by molar-refractivity contribution is 6.30. The molecule has 0 bridgehead atoms. The number of benzene rings is 1. The standard InChI is InChI=1S/C25H32ClF4N7O2/c1-13(2)34-22-20(27)23(33-12-32-22)36-7-5-17(21(31)38)19(11-36)37-6-3-4-18(24(37)39)35-16-9-14(25(28,29)30)8-15(26)10-16/h8-10,12-13,17-19,24,35,39H,3-7,11H2,1-2H3,(H2,31,38)(H,32,33,34)/t17-,18+,19-,24?/m0/s1. The van der Waals surface area contributed by atoms with Crippen molar-refractivity contribution in [1.29, 1.82) is 0 Å². The highest BCUT2D eigenvalue weighted by atomic mass is 35.5. The van der Waals surface area contributed by atoms with Crippen molar-refractivity contribution in [3.05, 3.63) is 40.9 Å². The molecule has 1 aromatic carbocycles. The van der Waals surface area contributed by atoms with Crippen LogP contribution >= 0.6 is 11.6 Å². The molecule has 2 aliphatic rings. The average Bonchev–Trinajstić information content (AvgIpc) is 2.85. The van der Waals surface area contributed by atoms with Gasteiger partial charge in [-0.1, -0.05) is 11.6 Å². The number of primary amides is 1. The predicted octanol–water partition coefficient (Wildman–Crippen LogP) is 3.68. The number of amides is 1. The van der Waals surface area contributed by atoms with Crippen LogP contribution in [0.2, 0.25) is 5.02 Å². The number of piperidine rings is 2. The smallest absolute Gasteiger partial charge is 0.378 e. The number of carbonyl (C=O) groups is 1. The lowest BCUT2D eigenvalue weighted by Gasteiger charge is -2.48. The second-order valence-electron chi connectivity index (χ2n) is 10.2. The molecule has 14 heteroatoms. The largest absolute Gasteiger partial charge is 0.416 e. The monoisotopic (exact) mass is 573 g/mol. The normalized spacial score (nSPS) is 24.6. The summed E-state index contributed by atoms with van der Waals surface area (Å²) in [5.74, 6) is -1.66. The van der Waals surface area contributed by atoms with E-state index in [0.717, 1.165) is 12.1 Å². The van der Waals surface area contributed by atoms with E-state index in [1.165, 1.54) is 12.4 Å². The van der Waals surface area contributed by atoms with Crippen LogP contribution in [0.15, 0.2) is 24.5 Å². The van der Waals surface area contributed by atoms with Crippen LogP contribution in [0.5, 0.6) is 0 Å². The number of alkyl halides is 3. The van der Waals surface area contributed by atoms with Gasteiger partial charge in [-0.25, -0.2) is 9.97 Å². The number of likely N-dealkylation sites (tertiary alicyclic amines) is 1. The van der Waals surface area contributed by atoms with Gasteiger partial charge < -0.3 is 26.4 Å². The minimum atomic E-state index is -4.58. The molecule has 214 valence electrons. The van der Waals surface area contributed by atoms with Crippen molar-refractivity contribution in [2.75, 3.05) is 35.2 Å². The number of carbonyl (C=O) groups excluding carboxylic acids is 1. The summed E-state index contributed by atoms with van der Waals surface area (Å²) in [5, 5.41) is 17.2. The lowest BCUT2D eigenvalue weighted by atomic mass is 9.87. The Hall–Kier alpha value is -2.90. The third-order valence-electron chi connectivity index (χ3n) is 7.08. The zero-order chi connectivity index (χ0) is 28.5. The lowest BCUT2D eigenvalue weighted by Crippen LogP contribution is -2.63. The number of anilines is 3. The molecule has 0 saturated carbocycles. The molecule has 0 spiro atoms. The maximum Gasteiger partial charge on any atom is 0.416 e. The molecule has 1 aromatic heterocycles. The fourth-order valence-corrected chi connectivity index (χ4v) is 5.55. The van der Waals surface area contributed by atoms with E-state index >= 15 is 4.39 Å². The predicted molar refractivity (Wildman–Crippen MR) is 140 cm³/mol. The number of nitrogens with two attached hydrogens (primary N) is 1. The average molecular weight is 574 g/mol. The van der Waals surface area contributed by atoms with Gasteiger partial charge in [-0.2, -0.15) is 17.6 Å². The second-order valence-corrected chi connectivity index (χ2v) is 10.7. The summed E-state index contributed by atoms with van der Waals surface area (Å²) in [4.78, 5) is 23.9. The van der Waals surface area contributed by atoms with Gasteiger partial charge in [0, 0.05) is 42.4 Å². The van der Waals surface area contributed by atoms with Gasteiger partial charge in [0.2, 0.25) is 11.7 Å². The molecule has 4 atom stereocenters. The number of nitrogens with zero attached hydrogens (tertiary/aromatic N) is 4. The Bertz CT molecular complexity index is 1190. The van der Waals surface area contributed by atoms with Crippen molar-refractivity contribution in [3.63, 3.8) is 0 Å². The van der Waals surface area contributed by atoms with Crippen LogP contribution in [0.4, 0.5) is 34.9 Å². The Morgan fingerprint density at radius 1 is 1.21 bits per heavy atom. The van der Waals surface area contributed by atoms with Gasteiger partial charge in [0.15, 0.2) is 11.6 Å². The Morgan fingerprint density at radius 2 is 1.95 bits per heavy atom. The third kappa shape index (κ3) is 6.64. The first-order valence-corrected chi connectivity index (χ1v) is 13.1. The summed E-state index contributed by atoms with van der Waals surface area (Å²) in [5.41, 5.74) is 4.93. The van der Waals surface area contributed by atoms with Crippen LogP contribution in [-0.4, -0.2) is 69.9 Å². The van der Waals surface area contributed by atoms with E-state index < -0.39 is 47.7 Å². The molecule has 3 heterocycles. The second kappa shape index (κ2) is 11.7. The van der Waals surface area contributed by atoms with Gasteiger partial charge in [-0.05, 0) is 51.3 Å². The topological polar surface area (TPSA) is 120 Å². The van der Waals surface area contributed by atoms with E-state index in [4.69, 9.17) is 17.3 Å². The summed E-state index contributed by atoms with van der Waals surface area (Å²) < 4.78 is 55.1. The minimum Gasteiger partial charge on any atom is -0.378 e. The Labute approximate surface area is 228 Å². The Balaban J connectivity index is 1.57. The number of aliphatic hydroxyl groups is 1. The van der Waals surface area contributed by atoms with Crippen molar-refractivity contribution in [2.24, 2.45) is 11.7 Å². The van der Waals surface area contributed by atoms with E-state index in [1.807, 2.05) is 13.8 Å². The first-order chi connectivity index (χ1) is 18.3. The molecule has 2 aromatic rings.